The molecule has 1 saturated carbocycles. The van der Waals surface area contributed by atoms with Crippen molar-refractivity contribution in [2.75, 3.05) is 12.4 Å². The van der Waals surface area contributed by atoms with E-state index in [2.05, 4.69) is 20.6 Å². The van der Waals surface area contributed by atoms with Crippen molar-refractivity contribution in [3.63, 3.8) is 0 Å². The van der Waals surface area contributed by atoms with E-state index >= 15 is 0 Å². The number of fused-ring (bicyclic) bond motifs is 1. The second kappa shape index (κ2) is 6.57. The third-order valence-electron chi connectivity index (χ3n) is 4.83. The molecule has 2 aromatic rings. The average Bonchev–Trinajstić information content (AvgIpc) is 2.98. The minimum Gasteiger partial charge on any atom is -0.469 e. The van der Waals surface area contributed by atoms with Crippen molar-refractivity contribution in [2.45, 2.75) is 25.4 Å². The maximum absolute atomic E-state index is 14.1. The molecule has 1 aliphatic heterocycles. The largest absolute Gasteiger partial charge is 0.469 e. The zero-order valence-electron chi connectivity index (χ0n) is 14.4. The Morgan fingerprint density at radius 3 is 2.59 bits per heavy atom. The number of halogens is 2. The molecule has 2 aliphatic rings. The van der Waals surface area contributed by atoms with Crippen LogP contribution < -0.4 is 10.6 Å². The fourth-order valence-corrected chi connectivity index (χ4v) is 3.34. The Labute approximate surface area is 153 Å². The normalized spacial score (nSPS) is 20.5. The van der Waals surface area contributed by atoms with Crippen LogP contribution in [0.3, 0.4) is 0 Å². The summed E-state index contributed by atoms with van der Waals surface area (Å²) in [7, 11) is 1.33. The average molecular weight is 374 g/mol. The highest BCUT2D eigenvalue weighted by Gasteiger charge is 2.37. The molecule has 0 saturated heterocycles. The number of benzene rings is 1. The van der Waals surface area contributed by atoms with Gasteiger partial charge >= 0.3 is 5.97 Å². The highest BCUT2D eigenvalue weighted by atomic mass is 19.1. The SMILES string of the molecule is COC(=O)[C@H]1C[C@H](Nc2nc(-c3c(F)cccc3F)nc3c2C(=O)NC3)C1. The minimum atomic E-state index is -0.785. The lowest BCUT2D eigenvalue weighted by Gasteiger charge is -2.34. The van der Waals surface area contributed by atoms with Crippen molar-refractivity contribution in [2.24, 2.45) is 5.92 Å². The molecule has 1 fully saturated rings. The molecule has 27 heavy (non-hydrogen) atoms. The van der Waals surface area contributed by atoms with Crippen molar-refractivity contribution >= 4 is 17.7 Å². The smallest absolute Gasteiger partial charge is 0.308 e. The number of hydrogen-bond acceptors (Lipinski definition) is 6. The van der Waals surface area contributed by atoms with Gasteiger partial charge in [0.15, 0.2) is 5.82 Å². The maximum atomic E-state index is 14.1. The van der Waals surface area contributed by atoms with Crippen molar-refractivity contribution in [3.05, 3.63) is 41.1 Å². The highest BCUT2D eigenvalue weighted by molar-refractivity contribution is 6.02. The Bertz CT molecular complexity index is 924. The van der Waals surface area contributed by atoms with E-state index in [1.54, 1.807) is 0 Å². The van der Waals surface area contributed by atoms with Crippen LogP contribution in [0.15, 0.2) is 18.2 Å². The Morgan fingerprint density at radius 1 is 1.22 bits per heavy atom. The van der Waals surface area contributed by atoms with Crippen LogP contribution >= 0.6 is 0 Å². The molecule has 0 bridgehead atoms. The maximum Gasteiger partial charge on any atom is 0.308 e. The van der Waals surface area contributed by atoms with Crippen molar-refractivity contribution < 1.29 is 23.1 Å². The van der Waals surface area contributed by atoms with E-state index < -0.39 is 11.6 Å². The lowest BCUT2D eigenvalue weighted by molar-refractivity contribution is -0.148. The first kappa shape index (κ1) is 17.3. The number of anilines is 1. The van der Waals surface area contributed by atoms with Gasteiger partial charge in [-0.2, -0.15) is 0 Å². The van der Waals surface area contributed by atoms with Gasteiger partial charge in [0.2, 0.25) is 0 Å². The summed E-state index contributed by atoms with van der Waals surface area (Å²) in [5.74, 6) is -2.34. The van der Waals surface area contributed by atoms with E-state index in [9.17, 15) is 18.4 Å². The summed E-state index contributed by atoms with van der Waals surface area (Å²) in [4.78, 5) is 32.0. The molecule has 1 aromatic heterocycles. The number of ether oxygens (including phenoxy) is 1. The van der Waals surface area contributed by atoms with Crippen molar-refractivity contribution in [1.82, 2.24) is 15.3 Å². The number of amides is 1. The Hall–Kier alpha value is -3.10. The number of esters is 1. The molecular formula is C18H16F2N4O3. The minimum absolute atomic E-state index is 0.0974. The molecule has 0 unspecified atom stereocenters. The van der Waals surface area contributed by atoms with Gasteiger partial charge in [0.1, 0.15) is 23.0 Å². The molecule has 2 N–H and O–H groups in total. The van der Waals surface area contributed by atoms with Gasteiger partial charge in [0, 0.05) is 6.04 Å². The number of nitrogens with zero attached hydrogens (tertiary/aromatic N) is 2. The zero-order valence-corrected chi connectivity index (χ0v) is 14.4. The van der Waals surface area contributed by atoms with Crippen LogP contribution in [-0.2, 0) is 16.1 Å². The molecule has 2 heterocycles. The molecule has 0 atom stereocenters. The lowest BCUT2D eigenvalue weighted by atomic mass is 9.80. The topological polar surface area (TPSA) is 93.2 Å². The van der Waals surface area contributed by atoms with Crippen molar-refractivity contribution in [3.8, 4) is 11.4 Å². The van der Waals surface area contributed by atoms with Crippen LogP contribution in [0.4, 0.5) is 14.6 Å². The number of methoxy groups -OCH3 is 1. The Morgan fingerprint density at radius 2 is 1.93 bits per heavy atom. The van der Waals surface area contributed by atoms with Gasteiger partial charge < -0.3 is 15.4 Å². The molecule has 1 aliphatic carbocycles. The molecule has 0 radical (unpaired) electrons. The first-order chi connectivity index (χ1) is 13.0. The van der Waals surface area contributed by atoms with Gasteiger partial charge in [-0.1, -0.05) is 6.07 Å². The monoisotopic (exact) mass is 374 g/mol. The standard InChI is InChI=1S/C18H16F2N4O3/c1-27-18(26)8-5-9(6-8)22-16-14-12(7-21-17(14)25)23-15(24-16)13-10(19)3-2-4-11(13)20/h2-4,8-9H,5-7H2,1H3,(H,21,25)(H,22,23,24)/t8-,9-. The van der Waals surface area contributed by atoms with E-state index in [0.717, 1.165) is 12.1 Å². The number of aromatic nitrogens is 2. The first-order valence-corrected chi connectivity index (χ1v) is 8.45. The lowest BCUT2D eigenvalue weighted by Crippen LogP contribution is -2.40. The van der Waals surface area contributed by atoms with Crippen LogP contribution in [0.1, 0.15) is 28.9 Å². The molecule has 4 rings (SSSR count). The Kier molecular flexibility index (Phi) is 4.21. The first-order valence-electron chi connectivity index (χ1n) is 8.45. The fraction of sp³-hybridized carbons (Fsp3) is 0.333. The summed E-state index contributed by atoms with van der Waals surface area (Å²) in [6.07, 6.45) is 1.05. The number of carbonyl (C=O) groups excluding carboxylic acids is 2. The van der Waals surface area contributed by atoms with Gasteiger partial charge in [-0.05, 0) is 25.0 Å². The van der Waals surface area contributed by atoms with E-state index in [4.69, 9.17) is 4.74 Å². The molecule has 7 nitrogen and oxygen atoms in total. The molecular weight excluding hydrogens is 358 g/mol. The summed E-state index contributed by atoms with van der Waals surface area (Å²) < 4.78 is 33.0. The third-order valence-corrected chi connectivity index (χ3v) is 4.83. The predicted molar refractivity (Wildman–Crippen MR) is 90.7 cm³/mol. The van der Waals surface area contributed by atoms with E-state index in [1.165, 1.54) is 13.2 Å². The zero-order chi connectivity index (χ0) is 19.1. The summed E-state index contributed by atoms with van der Waals surface area (Å²) in [6.45, 7) is 0.157. The number of hydrogen-bond donors (Lipinski definition) is 2. The molecule has 1 aromatic carbocycles. The highest BCUT2D eigenvalue weighted by Crippen LogP contribution is 2.34. The summed E-state index contributed by atoms with van der Waals surface area (Å²) in [5, 5.41) is 5.74. The van der Waals surface area contributed by atoms with Crippen LogP contribution in [0.2, 0.25) is 0 Å². The van der Waals surface area contributed by atoms with Gasteiger partial charge in [0.25, 0.3) is 5.91 Å². The van der Waals surface area contributed by atoms with Gasteiger partial charge in [-0.15, -0.1) is 0 Å². The van der Waals surface area contributed by atoms with E-state index in [-0.39, 0.29) is 53.2 Å². The summed E-state index contributed by atoms with van der Waals surface area (Å²) >= 11 is 0. The van der Waals surface area contributed by atoms with Gasteiger partial charge in [0.05, 0.1) is 30.8 Å². The Balaban J connectivity index is 1.68. The number of carbonyl (C=O) groups is 2. The van der Waals surface area contributed by atoms with E-state index in [0.29, 0.717) is 18.5 Å². The fourth-order valence-electron chi connectivity index (χ4n) is 3.34. The van der Waals surface area contributed by atoms with Crippen LogP contribution in [-0.4, -0.2) is 35.0 Å². The third kappa shape index (κ3) is 2.98. The van der Waals surface area contributed by atoms with Crippen LogP contribution in [0, 0.1) is 17.6 Å². The second-order valence-electron chi connectivity index (χ2n) is 6.53. The number of nitrogens with one attached hydrogen (secondary N) is 2. The van der Waals surface area contributed by atoms with E-state index in [1.807, 2.05) is 0 Å². The second-order valence-corrected chi connectivity index (χ2v) is 6.53. The van der Waals surface area contributed by atoms with Gasteiger partial charge in [-0.25, -0.2) is 18.7 Å². The van der Waals surface area contributed by atoms with Crippen molar-refractivity contribution in [1.29, 1.82) is 0 Å². The predicted octanol–water partition coefficient (Wildman–Crippen LogP) is 2.03. The molecule has 1 amide bonds. The number of rotatable bonds is 4. The van der Waals surface area contributed by atoms with Gasteiger partial charge in [-0.3, -0.25) is 9.59 Å². The summed E-state index contributed by atoms with van der Waals surface area (Å²) in [6, 6.07) is 3.41. The van der Waals surface area contributed by atoms with Crippen LogP contribution in [0.25, 0.3) is 11.4 Å². The summed E-state index contributed by atoms with van der Waals surface area (Å²) in [5.41, 5.74) is 0.291. The molecule has 140 valence electrons. The molecule has 0 spiro atoms. The quantitative estimate of drug-likeness (QED) is 0.796. The molecule has 9 heteroatoms. The van der Waals surface area contributed by atoms with Crippen LogP contribution in [0.5, 0.6) is 0 Å².